The number of unbranched alkanes of at least 4 members (excludes halogenated alkanes) is 3. The van der Waals surface area contributed by atoms with Gasteiger partial charge in [0.2, 0.25) is 0 Å². The van der Waals surface area contributed by atoms with Gasteiger partial charge in [0, 0.05) is 11.6 Å². The second-order valence-corrected chi connectivity index (χ2v) is 4.33. The molecular formula is C15H21FO2. The van der Waals surface area contributed by atoms with Gasteiger partial charge in [0.05, 0.1) is 13.2 Å². The maximum atomic E-state index is 13.7. The van der Waals surface area contributed by atoms with Crippen LogP contribution in [-0.2, 0) is 0 Å². The van der Waals surface area contributed by atoms with Crippen molar-refractivity contribution >= 4 is 0 Å². The quantitative estimate of drug-likeness (QED) is 0.559. The van der Waals surface area contributed by atoms with Gasteiger partial charge in [0.25, 0.3) is 0 Å². The van der Waals surface area contributed by atoms with Crippen LogP contribution < -0.4 is 4.74 Å². The van der Waals surface area contributed by atoms with Gasteiger partial charge in [-0.05, 0) is 31.4 Å². The first kappa shape index (κ1) is 14.7. The van der Waals surface area contributed by atoms with Crippen LogP contribution in [0.4, 0.5) is 4.39 Å². The van der Waals surface area contributed by atoms with E-state index in [1.807, 2.05) is 6.08 Å². The van der Waals surface area contributed by atoms with Gasteiger partial charge < -0.3 is 9.84 Å². The van der Waals surface area contributed by atoms with Crippen LogP contribution in [-0.4, -0.2) is 12.2 Å². The number of halogens is 1. The monoisotopic (exact) mass is 252 g/mol. The van der Waals surface area contributed by atoms with Crippen molar-refractivity contribution in [2.75, 3.05) is 7.11 Å². The molecule has 0 bridgehead atoms. The summed E-state index contributed by atoms with van der Waals surface area (Å²) in [6.45, 7) is 3.66. The van der Waals surface area contributed by atoms with Gasteiger partial charge in [-0.1, -0.05) is 18.9 Å². The van der Waals surface area contributed by atoms with Crippen LogP contribution in [0.1, 0.15) is 43.8 Å². The van der Waals surface area contributed by atoms with Crippen LogP contribution in [0.3, 0.4) is 0 Å². The molecule has 3 heteroatoms. The summed E-state index contributed by atoms with van der Waals surface area (Å²) in [7, 11) is 1.49. The van der Waals surface area contributed by atoms with E-state index in [2.05, 4.69) is 6.58 Å². The van der Waals surface area contributed by atoms with Gasteiger partial charge in [-0.25, -0.2) is 4.39 Å². The highest BCUT2D eigenvalue weighted by Crippen LogP contribution is 2.25. The van der Waals surface area contributed by atoms with Gasteiger partial charge in [0.1, 0.15) is 11.6 Å². The zero-order valence-electron chi connectivity index (χ0n) is 10.9. The number of ether oxygens (including phenoxy) is 1. The Morgan fingerprint density at radius 2 is 2.17 bits per heavy atom. The molecule has 0 saturated heterocycles. The molecular weight excluding hydrogens is 231 g/mol. The van der Waals surface area contributed by atoms with E-state index in [0.717, 1.165) is 25.7 Å². The summed E-state index contributed by atoms with van der Waals surface area (Å²) in [5.41, 5.74) is 0.347. The zero-order chi connectivity index (χ0) is 13.4. The summed E-state index contributed by atoms with van der Waals surface area (Å²) in [5, 5.41) is 9.92. The highest BCUT2D eigenvalue weighted by molar-refractivity contribution is 5.30. The third-order valence-corrected chi connectivity index (χ3v) is 2.95. The van der Waals surface area contributed by atoms with Crippen molar-refractivity contribution in [2.45, 2.75) is 38.2 Å². The van der Waals surface area contributed by atoms with E-state index in [1.54, 1.807) is 12.1 Å². The molecule has 18 heavy (non-hydrogen) atoms. The lowest BCUT2D eigenvalue weighted by Crippen LogP contribution is -2.01. The molecule has 1 aromatic rings. The van der Waals surface area contributed by atoms with Gasteiger partial charge in [-0.3, -0.25) is 0 Å². The maximum Gasteiger partial charge on any atom is 0.132 e. The number of allylic oxidation sites excluding steroid dienone is 1. The molecule has 0 spiro atoms. The number of rotatable bonds is 8. The molecule has 0 aliphatic heterocycles. The van der Waals surface area contributed by atoms with Crippen LogP contribution in [0.25, 0.3) is 0 Å². The molecule has 0 radical (unpaired) electrons. The van der Waals surface area contributed by atoms with E-state index < -0.39 is 11.9 Å². The fourth-order valence-corrected chi connectivity index (χ4v) is 1.86. The van der Waals surface area contributed by atoms with Gasteiger partial charge in [-0.2, -0.15) is 0 Å². The molecule has 0 aliphatic rings. The average Bonchev–Trinajstić information content (AvgIpc) is 2.38. The van der Waals surface area contributed by atoms with Gasteiger partial charge in [0.15, 0.2) is 0 Å². The van der Waals surface area contributed by atoms with Crippen LogP contribution in [0, 0.1) is 5.82 Å². The van der Waals surface area contributed by atoms with Crippen molar-refractivity contribution in [1.29, 1.82) is 0 Å². The fourth-order valence-electron chi connectivity index (χ4n) is 1.86. The van der Waals surface area contributed by atoms with E-state index >= 15 is 0 Å². The summed E-state index contributed by atoms with van der Waals surface area (Å²) in [4.78, 5) is 0. The van der Waals surface area contributed by atoms with Crippen molar-refractivity contribution in [1.82, 2.24) is 0 Å². The molecule has 2 nitrogen and oxygen atoms in total. The van der Waals surface area contributed by atoms with Crippen molar-refractivity contribution in [3.8, 4) is 5.75 Å². The van der Waals surface area contributed by atoms with Crippen molar-refractivity contribution in [2.24, 2.45) is 0 Å². The number of benzene rings is 1. The smallest absolute Gasteiger partial charge is 0.132 e. The highest BCUT2D eigenvalue weighted by Gasteiger charge is 2.13. The maximum absolute atomic E-state index is 13.7. The Morgan fingerprint density at radius 3 is 2.78 bits per heavy atom. The number of aliphatic hydroxyl groups is 1. The molecule has 1 atom stereocenters. The third kappa shape index (κ3) is 4.49. The molecule has 0 aromatic heterocycles. The Balaban J connectivity index is 2.45. The zero-order valence-corrected chi connectivity index (χ0v) is 10.9. The first-order valence-corrected chi connectivity index (χ1v) is 6.31. The van der Waals surface area contributed by atoms with Gasteiger partial charge >= 0.3 is 0 Å². The van der Waals surface area contributed by atoms with Crippen molar-refractivity contribution in [3.05, 3.63) is 42.2 Å². The molecule has 1 unspecified atom stereocenters. The molecule has 0 fully saturated rings. The molecule has 0 heterocycles. The van der Waals surface area contributed by atoms with E-state index in [9.17, 15) is 9.50 Å². The predicted molar refractivity (Wildman–Crippen MR) is 71.2 cm³/mol. The molecule has 0 saturated carbocycles. The van der Waals surface area contributed by atoms with E-state index in [-0.39, 0.29) is 0 Å². The minimum Gasteiger partial charge on any atom is -0.497 e. The average molecular weight is 252 g/mol. The Labute approximate surface area is 108 Å². The minimum atomic E-state index is -0.736. The molecule has 1 aromatic carbocycles. The van der Waals surface area contributed by atoms with Crippen LogP contribution >= 0.6 is 0 Å². The first-order chi connectivity index (χ1) is 8.69. The number of hydrogen-bond acceptors (Lipinski definition) is 2. The van der Waals surface area contributed by atoms with E-state index in [4.69, 9.17) is 4.74 Å². The summed E-state index contributed by atoms with van der Waals surface area (Å²) in [5.74, 6) is 0.0578. The summed E-state index contributed by atoms with van der Waals surface area (Å²) in [6.07, 6.45) is 5.72. The number of aliphatic hydroxyl groups excluding tert-OH is 1. The first-order valence-electron chi connectivity index (χ1n) is 6.31. The lowest BCUT2D eigenvalue weighted by atomic mass is 10.0. The van der Waals surface area contributed by atoms with Crippen LogP contribution in [0.2, 0.25) is 0 Å². The number of hydrogen-bond donors (Lipinski definition) is 1. The van der Waals surface area contributed by atoms with Crippen LogP contribution in [0.5, 0.6) is 5.75 Å². The second-order valence-electron chi connectivity index (χ2n) is 4.33. The molecule has 0 amide bonds. The van der Waals surface area contributed by atoms with Crippen molar-refractivity contribution in [3.63, 3.8) is 0 Å². The fraction of sp³-hybridized carbons (Fsp3) is 0.467. The topological polar surface area (TPSA) is 29.5 Å². The van der Waals surface area contributed by atoms with Crippen LogP contribution in [0.15, 0.2) is 30.9 Å². The summed E-state index contributed by atoms with van der Waals surface area (Å²) >= 11 is 0. The van der Waals surface area contributed by atoms with Crippen molar-refractivity contribution < 1.29 is 14.2 Å². The largest absolute Gasteiger partial charge is 0.497 e. The normalized spacial score (nSPS) is 12.2. The summed E-state index contributed by atoms with van der Waals surface area (Å²) in [6, 6.07) is 4.55. The second kappa shape index (κ2) is 7.88. The molecule has 1 rings (SSSR count). The molecule has 0 aliphatic carbocycles. The standard InChI is InChI=1S/C15H21FO2/c1-3-4-5-6-7-8-15(17)13-10-9-12(18-2)11-14(13)16/h3,9-11,15,17H,1,4-8H2,2H3. The molecule has 1 N–H and O–H groups in total. The summed E-state index contributed by atoms with van der Waals surface area (Å²) < 4.78 is 18.6. The Kier molecular flexibility index (Phi) is 6.44. The number of methoxy groups -OCH3 is 1. The van der Waals surface area contributed by atoms with E-state index in [0.29, 0.717) is 17.7 Å². The van der Waals surface area contributed by atoms with E-state index in [1.165, 1.54) is 13.2 Å². The highest BCUT2D eigenvalue weighted by atomic mass is 19.1. The predicted octanol–water partition coefficient (Wildman–Crippen LogP) is 4.00. The third-order valence-electron chi connectivity index (χ3n) is 2.95. The lowest BCUT2D eigenvalue weighted by Gasteiger charge is -2.12. The van der Waals surface area contributed by atoms with Gasteiger partial charge in [-0.15, -0.1) is 6.58 Å². The molecule has 100 valence electrons. The lowest BCUT2D eigenvalue weighted by molar-refractivity contribution is 0.159. The minimum absolute atomic E-state index is 0.347. The Morgan fingerprint density at radius 1 is 1.39 bits per heavy atom. The Bertz CT molecular complexity index is 377. The SMILES string of the molecule is C=CCCCCCC(O)c1ccc(OC)cc1F. The Hall–Kier alpha value is -1.35.